The van der Waals surface area contributed by atoms with Crippen LogP contribution in [0, 0.1) is 9.49 Å². The van der Waals surface area contributed by atoms with Gasteiger partial charge in [0.1, 0.15) is 0 Å². The summed E-state index contributed by atoms with van der Waals surface area (Å²) in [5.41, 5.74) is 3.38. The molecule has 0 amide bonds. The molecule has 0 heterocycles. The fourth-order valence-electron chi connectivity index (χ4n) is 2.59. The maximum absolute atomic E-state index is 12.3. The zero-order valence-corrected chi connectivity index (χ0v) is 12.1. The molecule has 0 fully saturated rings. The molecule has 3 rings (SSSR count). The molecule has 1 aliphatic rings. The number of fused-ring (bicyclic) bond motifs is 1. The standard InChI is InChI=1S/C16H13IO/c17-14-7-5-11(6-8-14)9-13-10-12-3-1-2-4-15(12)16(13)18/h1-8,13H,9-10H2. The molecular weight excluding hydrogens is 335 g/mol. The molecule has 0 aromatic heterocycles. The van der Waals surface area contributed by atoms with Crippen molar-refractivity contribution in [3.63, 3.8) is 0 Å². The Bertz CT molecular complexity index is 586. The van der Waals surface area contributed by atoms with Crippen molar-refractivity contribution >= 4 is 28.4 Å². The first kappa shape index (κ1) is 11.9. The molecule has 0 saturated heterocycles. The van der Waals surface area contributed by atoms with Crippen molar-refractivity contribution in [2.24, 2.45) is 5.92 Å². The Morgan fingerprint density at radius 1 is 1.06 bits per heavy atom. The van der Waals surface area contributed by atoms with Crippen LogP contribution >= 0.6 is 22.6 Å². The van der Waals surface area contributed by atoms with E-state index < -0.39 is 0 Å². The number of ketones is 1. The molecular formula is C16H13IO. The SMILES string of the molecule is O=C1c2ccccc2CC1Cc1ccc(I)cc1. The normalized spacial score (nSPS) is 17.8. The first-order valence-electron chi connectivity index (χ1n) is 6.10. The van der Waals surface area contributed by atoms with Crippen molar-refractivity contribution in [3.05, 3.63) is 68.8 Å². The molecule has 0 bridgehead atoms. The van der Waals surface area contributed by atoms with Gasteiger partial charge in [0.25, 0.3) is 0 Å². The van der Waals surface area contributed by atoms with Crippen molar-refractivity contribution < 1.29 is 4.79 Å². The Hall–Kier alpha value is -1.16. The van der Waals surface area contributed by atoms with E-state index >= 15 is 0 Å². The van der Waals surface area contributed by atoms with E-state index in [1.165, 1.54) is 14.7 Å². The maximum atomic E-state index is 12.3. The lowest BCUT2D eigenvalue weighted by atomic mass is 9.96. The molecule has 1 atom stereocenters. The van der Waals surface area contributed by atoms with Crippen LogP contribution in [0.15, 0.2) is 48.5 Å². The number of rotatable bonds is 2. The number of hydrogen-bond donors (Lipinski definition) is 0. The minimum absolute atomic E-state index is 0.127. The highest BCUT2D eigenvalue weighted by molar-refractivity contribution is 14.1. The second kappa shape index (κ2) is 4.84. The Labute approximate surface area is 120 Å². The number of halogens is 1. The topological polar surface area (TPSA) is 17.1 Å². The van der Waals surface area contributed by atoms with Gasteiger partial charge >= 0.3 is 0 Å². The van der Waals surface area contributed by atoms with E-state index in [0.29, 0.717) is 5.78 Å². The summed E-state index contributed by atoms with van der Waals surface area (Å²) in [6.45, 7) is 0. The van der Waals surface area contributed by atoms with Gasteiger partial charge in [0.15, 0.2) is 5.78 Å². The number of benzene rings is 2. The van der Waals surface area contributed by atoms with Crippen LogP contribution in [0.4, 0.5) is 0 Å². The van der Waals surface area contributed by atoms with Crippen LogP contribution in [-0.2, 0) is 12.8 Å². The molecule has 0 spiro atoms. The number of Topliss-reactive ketones (excluding diaryl/α,β-unsaturated/α-hetero) is 1. The number of hydrogen-bond acceptors (Lipinski definition) is 1. The zero-order chi connectivity index (χ0) is 12.5. The summed E-state index contributed by atoms with van der Waals surface area (Å²) in [6.07, 6.45) is 1.74. The molecule has 90 valence electrons. The molecule has 2 aromatic rings. The lowest BCUT2D eigenvalue weighted by Gasteiger charge is -2.07. The van der Waals surface area contributed by atoms with Crippen LogP contribution in [-0.4, -0.2) is 5.78 Å². The molecule has 1 unspecified atom stereocenters. The van der Waals surface area contributed by atoms with E-state index in [0.717, 1.165) is 18.4 Å². The fourth-order valence-corrected chi connectivity index (χ4v) is 2.95. The van der Waals surface area contributed by atoms with Gasteiger partial charge in [-0.2, -0.15) is 0 Å². The highest BCUT2D eigenvalue weighted by Crippen LogP contribution is 2.29. The molecule has 1 nitrogen and oxygen atoms in total. The predicted octanol–water partition coefficient (Wildman–Crippen LogP) is 3.89. The lowest BCUT2D eigenvalue weighted by Crippen LogP contribution is -2.12. The van der Waals surface area contributed by atoms with Gasteiger partial charge in [0, 0.05) is 15.1 Å². The van der Waals surface area contributed by atoms with E-state index in [1.807, 2.05) is 18.2 Å². The van der Waals surface area contributed by atoms with Gasteiger partial charge in [-0.1, -0.05) is 36.4 Å². The predicted molar refractivity (Wildman–Crippen MR) is 80.8 cm³/mol. The van der Waals surface area contributed by atoms with Crippen molar-refractivity contribution in [1.82, 2.24) is 0 Å². The molecule has 2 heteroatoms. The second-order valence-corrected chi connectivity index (χ2v) is 6.00. The maximum Gasteiger partial charge on any atom is 0.166 e. The third-order valence-corrected chi connectivity index (χ3v) is 4.23. The van der Waals surface area contributed by atoms with Crippen LogP contribution in [0.25, 0.3) is 0 Å². The van der Waals surface area contributed by atoms with Gasteiger partial charge in [-0.15, -0.1) is 0 Å². The van der Waals surface area contributed by atoms with E-state index in [1.54, 1.807) is 0 Å². The number of carbonyl (C=O) groups excluding carboxylic acids is 1. The van der Waals surface area contributed by atoms with E-state index in [2.05, 4.69) is 52.9 Å². The number of carbonyl (C=O) groups is 1. The molecule has 2 aromatic carbocycles. The van der Waals surface area contributed by atoms with Crippen LogP contribution < -0.4 is 0 Å². The molecule has 0 aliphatic heterocycles. The third-order valence-electron chi connectivity index (χ3n) is 3.52. The third kappa shape index (κ3) is 2.21. The molecule has 0 saturated carbocycles. The highest BCUT2D eigenvalue weighted by atomic mass is 127. The van der Waals surface area contributed by atoms with Crippen molar-refractivity contribution in [1.29, 1.82) is 0 Å². The van der Waals surface area contributed by atoms with Gasteiger partial charge in [-0.25, -0.2) is 0 Å². The first-order chi connectivity index (χ1) is 8.74. The van der Waals surface area contributed by atoms with Gasteiger partial charge < -0.3 is 0 Å². The quantitative estimate of drug-likeness (QED) is 0.753. The average Bonchev–Trinajstić information content (AvgIpc) is 2.70. The lowest BCUT2D eigenvalue weighted by molar-refractivity contribution is 0.0936. The fraction of sp³-hybridized carbons (Fsp3) is 0.188. The summed E-state index contributed by atoms with van der Waals surface area (Å²) in [5.74, 6) is 0.437. The first-order valence-corrected chi connectivity index (χ1v) is 7.18. The summed E-state index contributed by atoms with van der Waals surface area (Å²) in [4.78, 5) is 12.3. The Morgan fingerprint density at radius 2 is 1.78 bits per heavy atom. The summed E-state index contributed by atoms with van der Waals surface area (Å²) < 4.78 is 1.23. The largest absolute Gasteiger partial charge is 0.294 e. The molecule has 18 heavy (non-hydrogen) atoms. The van der Waals surface area contributed by atoms with Crippen LogP contribution in [0.1, 0.15) is 21.5 Å². The molecule has 0 N–H and O–H groups in total. The summed E-state index contributed by atoms with van der Waals surface area (Å²) in [5, 5.41) is 0. The van der Waals surface area contributed by atoms with Gasteiger partial charge in [0.2, 0.25) is 0 Å². The Balaban J connectivity index is 1.81. The average molecular weight is 348 g/mol. The van der Waals surface area contributed by atoms with Crippen LogP contribution in [0.5, 0.6) is 0 Å². The Morgan fingerprint density at radius 3 is 2.50 bits per heavy atom. The van der Waals surface area contributed by atoms with E-state index in [4.69, 9.17) is 0 Å². The second-order valence-electron chi connectivity index (χ2n) is 4.75. The summed E-state index contributed by atoms with van der Waals surface area (Å²) in [6, 6.07) is 16.4. The molecule has 0 radical (unpaired) electrons. The van der Waals surface area contributed by atoms with Gasteiger partial charge in [-0.05, 0) is 58.7 Å². The summed E-state index contributed by atoms with van der Waals surface area (Å²) >= 11 is 2.30. The Kier molecular flexibility index (Phi) is 3.20. The summed E-state index contributed by atoms with van der Waals surface area (Å²) in [7, 11) is 0. The zero-order valence-electron chi connectivity index (χ0n) is 9.90. The highest BCUT2D eigenvalue weighted by Gasteiger charge is 2.29. The van der Waals surface area contributed by atoms with E-state index in [9.17, 15) is 4.79 Å². The van der Waals surface area contributed by atoms with Crippen LogP contribution in [0.2, 0.25) is 0 Å². The van der Waals surface area contributed by atoms with Crippen LogP contribution in [0.3, 0.4) is 0 Å². The van der Waals surface area contributed by atoms with Crippen molar-refractivity contribution in [2.45, 2.75) is 12.8 Å². The van der Waals surface area contributed by atoms with Gasteiger partial charge in [0.05, 0.1) is 0 Å². The molecule has 1 aliphatic carbocycles. The van der Waals surface area contributed by atoms with E-state index in [-0.39, 0.29) is 5.92 Å². The van der Waals surface area contributed by atoms with Crippen molar-refractivity contribution in [3.8, 4) is 0 Å². The minimum atomic E-state index is 0.127. The monoisotopic (exact) mass is 348 g/mol. The van der Waals surface area contributed by atoms with Crippen molar-refractivity contribution in [2.75, 3.05) is 0 Å². The smallest absolute Gasteiger partial charge is 0.166 e. The van der Waals surface area contributed by atoms with Gasteiger partial charge in [-0.3, -0.25) is 4.79 Å². The minimum Gasteiger partial charge on any atom is -0.294 e.